The standard InChI is InChI=1S/C17H19ClO2/c1-11(2)20-15-6-4-5-13(10-15)17(19)16-8-7-14(18)9-12(16)3/h4-11,17,19H,1-3H3. The van der Waals surface area contributed by atoms with Gasteiger partial charge in [-0.05, 0) is 61.7 Å². The number of hydrogen-bond acceptors (Lipinski definition) is 2. The summed E-state index contributed by atoms with van der Waals surface area (Å²) < 4.78 is 5.66. The minimum absolute atomic E-state index is 0.111. The third-order valence-electron chi connectivity index (χ3n) is 3.07. The summed E-state index contributed by atoms with van der Waals surface area (Å²) in [7, 11) is 0. The van der Waals surface area contributed by atoms with Crippen molar-refractivity contribution >= 4 is 11.6 Å². The number of benzene rings is 2. The number of ether oxygens (including phenoxy) is 1. The zero-order valence-corrected chi connectivity index (χ0v) is 12.7. The van der Waals surface area contributed by atoms with Crippen LogP contribution in [-0.2, 0) is 0 Å². The summed E-state index contributed by atoms with van der Waals surface area (Å²) in [6.07, 6.45) is -0.567. The number of halogens is 1. The smallest absolute Gasteiger partial charge is 0.120 e. The van der Waals surface area contributed by atoms with Gasteiger partial charge in [0, 0.05) is 5.02 Å². The fraction of sp³-hybridized carbons (Fsp3) is 0.294. The predicted molar refractivity (Wildman–Crippen MR) is 82.5 cm³/mol. The Balaban J connectivity index is 2.30. The van der Waals surface area contributed by atoms with E-state index in [-0.39, 0.29) is 6.10 Å². The molecule has 2 aromatic carbocycles. The fourth-order valence-electron chi connectivity index (χ4n) is 2.16. The minimum atomic E-state index is -0.678. The van der Waals surface area contributed by atoms with Crippen LogP contribution in [0.4, 0.5) is 0 Å². The van der Waals surface area contributed by atoms with Crippen LogP contribution in [0.5, 0.6) is 5.75 Å². The minimum Gasteiger partial charge on any atom is -0.491 e. The predicted octanol–water partition coefficient (Wildman–Crippen LogP) is 4.52. The Morgan fingerprint density at radius 2 is 1.85 bits per heavy atom. The number of rotatable bonds is 4. The van der Waals surface area contributed by atoms with Crippen LogP contribution in [-0.4, -0.2) is 11.2 Å². The molecule has 2 nitrogen and oxygen atoms in total. The first-order valence-corrected chi connectivity index (χ1v) is 7.06. The molecule has 0 aliphatic rings. The van der Waals surface area contributed by atoms with Gasteiger partial charge in [-0.1, -0.05) is 29.8 Å². The molecule has 0 spiro atoms. The van der Waals surface area contributed by atoms with Crippen LogP contribution in [0.2, 0.25) is 5.02 Å². The average molecular weight is 291 g/mol. The monoisotopic (exact) mass is 290 g/mol. The van der Waals surface area contributed by atoms with Gasteiger partial charge in [0.25, 0.3) is 0 Å². The van der Waals surface area contributed by atoms with E-state index in [0.717, 1.165) is 22.4 Å². The Morgan fingerprint density at radius 3 is 2.50 bits per heavy atom. The summed E-state index contributed by atoms with van der Waals surface area (Å²) in [5, 5.41) is 11.2. The van der Waals surface area contributed by atoms with Crippen molar-refractivity contribution in [2.24, 2.45) is 0 Å². The Labute approximate surface area is 125 Å². The average Bonchev–Trinajstić information content (AvgIpc) is 2.37. The topological polar surface area (TPSA) is 29.5 Å². The highest BCUT2D eigenvalue weighted by atomic mass is 35.5. The maximum Gasteiger partial charge on any atom is 0.120 e. The van der Waals surface area contributed by atoms with Gasteiger partial charge in [-0.3, -0.25) is 0 Å². The number of aliphatic hydroxyl groups is 1. The van der Waals surface area contributed by atoms with E-state index in [0.29, 0.717) is 5.02 Å². The first kappa shape index (κ1) is 14.9. The van der Waals surface area contributed by atoms with Gasteiger partial charge in [0.15, 0.2) is 0 Å². The lowest BCUT2D eigenvalue weighted by Gasteiger charge is -2.16. The molecule has 0 radical (unpaired) electrons. The van der Waals surface area contributed by atoms with Gasteiger partial charge >= 0.3 is 0 Å². The molecule has 0 saturated heterocycles. The molecule has 0 aliphatic carbocycles. The highest BCUT2D eigenvalue weighted by Crippen LogP contribution is 2.28. The van der Waals surface area contributed by atoms with Crippen molar-refractivity contribution < 1.29 is 9.84 Å². The van der Waals surface area contributed by atoms with Crippen LogP contribution in [0.1, 0.15) is 36.6 Å². The molecule has 1 atom stereocenters. The number of hydrogen-bond donors (Lipinski definition) is 1. The molecule has 3 heteroatoms. The molecule has 0 aromatic heterocycles. The van der Waals surface area contributed by atoms with Crippen molar-refractivity contribution in [2.45, 2.75) is 33.0 Å². The van der Waals surface area contributed by atoms with E-state index in [9.17, 15) is 5.11 Å². The van der Waals surface area contributed by atoms with Crippen LogP contribution >= 0.6 is 11.6 Å². The first-order chi connectivity index (χ1) is 9.47. The van der Waals surface area contributed by atoms with Gasteiger partial charge in [0.1, 0.15) is 11.9 Å². The van der Waals surface area contributed by atoms with E-state index in [2.05, 4.69) is 0 Å². The first-order valence-electron chi connectivity index (χ1n) is 6.68. The summed E-state index contributed by atoms with van der Waals surface area (Å²) in [6.45, 7) is 5.90. The third-order valence-corrected chi connectivity index (χ3v) is 3.31. The van der Waals surface area contributed by atoms with Crippen LogP contribution in [0.15, 0.2) is 42.5 Å². The second-order valence-electron chi connectivity index (χ2n) is 5.14. The molecule has 0 aliphatic heterocycles. The van der Waals surface area contributed by atoms with E-state index < -0.39 is 6.10 Å². The highest BCUT2D eigenvalue weighted by Gasteiger charge is 2.14. The van der Waals surface area contributed by atoms with E-state index in [1.807, 2.05) is 57.2 Å². The van der Waals surface area contributed by atoms with Crippen LogP contribution in [0, 0.1) is 6.92 Å². The Bertz CT molecular complexity index is 593. The Kier molecular flexibility index (Phi) is 4.69. The van der Waals surface area contributed by atoms with Gasteiger partial charge in [-0.2, -0.15) is 0 Å². The molecule has 0 amide bonds. The van der Waals surface area contributed by atoms with E-state index in [4.69, 9.17) is 16.3 Å². The normalized spacial score (nSPS) is 12.5. The lowest BCUT2D eigenvalue weighted by molar-refractivity contribution is 0.216. The zero-order chi connectivity index (χ0) is 14.7. The van der Waals surface area contributed by atoms with Crippen LogP contribution in [0.25, 0.3) is 0 Å². The molecule has 20 heavy (non-hydrogen) atoms. The van der Waals surface area contributed by atoms with Gasteiger partial charge in [0.2, 0.25) is 0 Å². The molecule has 0 bridgehead atoms. The Hall–Kier alpha value is -1.51. The van der Waals surface area contributed by atoms with Crippen molar-refractivity contribution in [3.63, 3.8) is 0 Å². The number of aryl methyl sites for hydroxylation is 1. The van der Waals surface area contributed by atoms with Crippen molar-refractivity contribution in [1.29, 1.82) is 0 Å². The quantitative estimate of drug-likeness (QED) is 0.897. The van der Waals surface area contributed by atoms with Crippen molar-refractivity contribution in [3.05, 3.63) is 64.2 Å². The fourth-order valence-corrected chi connectivity index (χ4v) is 2.38. The van der Waals surface area contributed by atoms with Gasteiger partial charge < -0.3 is 9.84 Å². The van der Waals surface area contributed by atoms with E-state index >= 15 is 0 Å². The Morgan fingerprint density at radius 1 is 1.10 bits per heavy atom. The zero-order valence-electron chi connectivity index (χ0n) is 11.9. The summed E-state index contributed by atoms with van der Waals surface area (Å²) in [5.41, 5.74) is 2.64. The highest BCUT2D eigenvalue weighted by molar-refractivity contribution is 6.30. The summed E-state index contributed by atoms with van der Waals surface area (Å²) in [4.78, 5) is 0. The van der Waals surface area contributed by atoms with Crippen molar-refractivity contribution in [2.75, 3.05) is 0 Å². The van der Waals surface area contributed by atoms with Crippen molar-refractivity contribution in [3.8, 4) is 5.75 Å². The molecular formula is C17H19ClO2. The van der Waals surface area contributed by atoms with Crippen LogP contribution in [0.3, 0.4) is 0 Å². The van der Waals surface area contributed by atoms with E-state index in [1.165, 1.54) is 0 Å². The van der Waals surface area contributed by atoms with Gasteiger partial charge in [-0.25, -0.2) is 0 Å². The van der Waals surface area contributed by atoms with E-state index in [1.54, 1.807) is 6.07 Å². The molecule has 0 saturated carbocycles. The maximum atomic E-state index is 10.5. The molecule has 2 aromatic rings. The molecule has 0 fully saturated rings. The summed E-state index contributed by atoms with van der Waals surface area (Å²) >= 11 is 5.95. The van der Waals surface area contributed by atoms with Crippen molar-refractivity contribution in [1.82, 2.24) is 0 Å². The van der Waals surface area contributed by atoms with Crippen LogP contribution < -0.4 is 4.74 Å². The summed E-state index contributed by atoms with van der Waals surface area (Å²) in [6, 6.07) is 13.1. The molecule has 106 valence electrons. The molecule has 0 heterocycles. The second kappa shape index (κ2) is 6.29. The lowest BCUT2D eigenvalue weighted by atomic mass is 9.97. The number of aliphatic hydroxyl groups excluding tert-OH is 1. The second-order valence-corrected chi connectivity index (χ2v) is 5.58. The molecular weight excluding hydrogens is 272 g/mol. The molecule has 1 unspecified atom stereocenters. The van der Waals surface area contributed by atoms with Gasteiger partial charge in [0.05, 0.1) is 6.10 Å². The lowest BCUT2D eigenvalue weighted by Crippen LogP contribution is -2.07. The summed E-state index contributed by atoms with van der Waals surface area (Å²) in [5.74, 6) is 0.767. The molecule has 2 rings (SSSR count). The maximum absolute atomic E-state index is 10.5. The largest absolute Gasteiger partial charge is 0.491 e. The third kappa shape index (κ3) is 3.53. The SMILES string of the molecule is Cc1cc(Cl)ccc1C(O)c1cccc(OC(C)C)c1. The van der Waals surface area contributed by atoms with Gasteiger partial charge in [-0.15, -0.1) is 0 Å². The molecule has 1 N–H and O–H groups in total.